The number of hydrogen-bond acceptors (Lipinski definition) is 4. The lowest BCUT2D eigenvalue weighted by molar-refractivity contribution is 0.122. The van der Waals surface area contributed by atoms with Gasteiger partial charge in [-0.3, -0.25) is 4.99 Å². The fourth-order valence-electron chi connectivity index (χ4n) is 3.99. The molecule has 162 valence electrons. The first kappa shape index (κ1) is 21.5. The van der Waals surface area contributed by atoms with Gasteiger partial charge in [0.1, 0.15) is 0 Å². The van der Waals surface area contributed by atoms with E-state index in [-0.39, 0.29) is 0 Å². The molecule has 1 fully saturated rings. The van der Waals surface area contributed by atoms with Gasteiger partial charge in [-0.2, -0.15) is 0 Å². The molecule has 0 unspecified atom stereocenters. The van der Waals surface area contributed by atoms with E-state index in [1.54, 1.807) is 0 Å². The smallest absolute Gasteiger partial charge is 0.0662 e. The number of benzene rings is 1. The van der Waals surface area contributed by atoms with Gasteiger partial charge in [-0.1, -0.05) is 42.5 Å². The maximum Gasteiger partial charge on any atom is 0.0662 e. The molecule has 1 aliphatic heterocycles. The molecule has 4 heteroatoms. The zero-order valence-corrected chi connectivity index (χ0v) is 18.4. The van der Waals surface area contributed by atoms with Gasteiger partial charge < -0.3 is 14.4 Å². The number of hydrogen-bond donors (Lipinski definition) is 0. The molecule has 0 saturated carbocycles. The summed E-state index contributed by atoms with van der Waals surface area (Å²) in [6, 6.07) is 8.90. The van der Waals surface area contributed by atoms with Crippen molar-refractivity contribution < 1.29 is 9.47 Å². The highest BCUT2D eigenvalue weighted by Crippen LogP contribution is 2.28. The fraction of sp³-hybridized carbons (Fsp3) is 0.370. The highest BCUT2D eigenvalue weighted by atomic mass is 16.5. The summed E-state index contributed by atoms with van der Waals surface area (Å²) in [7, 11) is 0. The van der Waals surface area contributed by atoms with Crippen LogP contribution in [0.5, 0.6) is 0 Å². The maximum atomic E-state index is 5.45. The molecule has 4 rings (SSSR count). The first-order chi connectivity index (χ1) is 15.3. The van der Waals surface area contributed by atoms with E-state index in [2.05, 4.69) is 76.7 Å². The molecule has 1 aromatic carbocycles. The standard InChI is InChI=1S/C27H32N2O2/c1-2-30-16-13-28-26-9-5-22(6-10-26)19-24-3-4-25(21-24)20-23-7-11-27(12-8-23)29-14-17-31-18-15-29/h5-12,19-21H,2-4,13-18H2,1H3/b22-19?,25-20+,28-26?. The van der Waals surface area contributed by atoms with E-state index in [1.165, 1.54) is 28.0 Å². The summed E-state index contributed by atoms with van der Waals surface area (Å²) in [6.07, 6.45) is 17.6. The van der Waals surface area contributed by atoms with Gasteiger partial charge in [0.25, 0.3) is 0 Å². The number of anilines is 1. The quantitative estimate of drug-likeness (QED) is 0.576. The summed E-state index contributed by atoms with van der Waals surface area (Å²) in [5.41, 5.74) is 7.58. The molecule has 0 bridgehead atoms. The fourth-order valence-corrected chi connectivity index (χ4v) is 3.99. The van der Waals surface area contributed by atoms with Crippen LogP contribution in [-0.4, -0.2) is 51.8 Å². The molecule has 0 radical (unpaired) electrons. The van der Waals surface area contributed by atoms with Crippen molar-refractivity contribution >= 4 is 17.5 Å². The molecule has 1 saturated heterocycles. The van der Waals surface area contributed by atoms with Crippen LogP contribution in [0.1, 0.15) is 25.3 Å². The van der Waals surface area contributed by atoms with Crippen molar-refractivity contribution in [3.05, 3.63) is 83.0 Å². The van der Waals surface area contributed by atoms with Gasteiger partial charge >= 0.3 is 0 Å². The Morgan fingerprint density at radius 1 is 1.00 bits per heavy atom. The number of allylic oxidation sites excluding steroid dienone is 9. The number of rotatable bonds is 7. The highest BCUT2D eigenvalue weighted by molar-refractivity contribution is 6.06. The Morgan fingerprint density at radius 3 is 2.52 bits per heavy atom. The number of aliphatic imine (C=N–C) groups is 1. The Balaban J connectivity index is 1.34. The molecule has 0 N–H and O–H groups in total. The molecule has 1 heterocycles. The minimum absolute atomic E-state index is 0.683. The van der Waals surface area contributed by atoms with Crippen LogP contribution in [0.25, 0.3) is 6.08 Å². The second-order valence-corrected chi connectivity index (χ2v) is 7.94. The molecular weight excluding hydrogens is 384 g/mol. The van der Waals surface area contributed by atoms with E-state index in [4.69, 9.17) is 9.47 Å². The van der Waals surface area contributed by atoms with Crippen LogP contribution in [0.2, 0.25) is 0 Å². The first-order valence-corrected chi connectivity index (χ1v) is 11.3. The zero-order valence-electron chi connectivity index (χ0n) is 18.4. The van der Waals surface area contributed by atoms with E-state index in [9.17, 15) is 0 Å². The van der Waals surface area contributed by atoms with Gasteiger partial charge in [-0.15, -0.1) is 0 Å². The predicted molar refractivity (Wildman–Crippen MR) is 130 cm³/mol. The Morgan fingerprint density at radius 2 is 1.77 bits per heavy atom. The first-order valence-electron chi connectivity index (χ1n) is 11.3. The lowest BCUT2D eigenvalue weighted by Gasteiger charge is -2.28. The largest absolute Gasteiger partial charge is 0.380 e. The average Bonchev–Trinajstić information content (AvgIpc) is 3.25. The van der Waals surface area contributed by atoms with Crippen molar-refractivity contribution in [2.75, 3.05) is 51.0 Å². The van der Waals surface area contributed by atoms with Crippen molar-refractivity contribution in [2.45, 2.75) is 19.8 Å². The third kappa shape index (κ3) is 6.39. The maximum absolute atomic E-state index is 5.45. The van der Waals surface area contributed by atoms with Crippen molar-refractivity contribution in [3.8, 4) is 0 Å². The van der Waals surface area contributed by atoms with E-state index in [0.717, 1.165) is 51.5 Å². The molecular formula is C27H32N2O2. The van der Waals surface area contributed by atoms with Crippen molar-refractivity contribution in [1.29, 1.82) is 0 Å². The van der Waals surface area contributed by atoms with Crippen LogP contribution in [0.15, 0.2) is 82.4 Å². The summed E-state index contributed by atoms with van der Waals surface area (Å²) in [5.74, 6) is 0. The van der Waals surface area contributed by atoms with Crippen LogP contribution in [0, 0.1) is 0 Å². The Kier molecular flexibility index (Phi) is 7.70. The second-order valence-electron chi connectivity index (χ2n) is 7.94. The summed E-state index contributed by atoms with van der Waals surface area (Å²) in [6.45, 7) is 7.74. The van der Waals surface area contributed by atoms with E-state index >= 15 is 0 Å². The predicted octanol–water partition coefficient (Wildman–Crippen LogP) is 5.16. The van der Waals surface area contributed by atoms with E-state index in [0.29, 0.717) is 13.2 Å². The number of morpholine rings is 1. The van der Waals surface area contributed by atoms with Crippen LogP contribution < -0.4 is 4.90 Å². The topological polar surface area (TPSA) is 34.1 Å². The van der Waals surface area contributed by atoms with E-state index in [1.807, 2.05) is 6.92 Å². The molecule has 1 aromatic rings. The van der Waals surface area contributed by atoms with Gasteiger partial charge in [0.15, 0.2) is 0 Å². The van der Waals surface area contributed by atoms with Gasteiger partial charge in [0.05, 0.1) is 32.1 Å². The molecule has 0 amide bonds. The summed E-state index contributed by atoms with van der Waals surface area (Å²) >= 11 is 0. The Labute approximate surface area is 186 Å². The van der Waals surface area contributed by atoms with Crippen LogP contribution in [0.3, 0.4) is 0 Å². The molecule has 3 aliphatic rings. The normalized spacial score (nSPS) is 19.8. The lowest BCUT2D eigenvalue weighted by Crippen LogP contribution is -2.36. The molecule has 0 atom stereocenters. The summed E-state index contributed by atoms with van der Waals surface area (Å²) in [4.78, 5) is 6.93. The molecule has 2 aliphatic carbocycles. The van der Waals surface area contributed by atoms with E-state index < -0.39 is 0 Å². The summed E-state index contributed by atoms with van der Waals surface area (Å²) < 4.78 is 10.8. The minimum Gasteiger partial charge on any atom is -0.380 e. The third-order valence-corrected chi connectivity index (χ3v) is 5.67. The van der Waals surface area contributed by atoms with Crippen LogP contribution >= 0.6 is 0 Å². The number of ether oxygens (including phenoxy) is 2. The minimum atomic E-state index is 0.683. The SMILES string of the molecule is CCOCCN=C1C=CC(=CC2=C/C(=C/c3ccc(N4CCOCC4)cc3)CC2)C=C1. The molecule has 31 heavy (non-hydrogen) atoms. The van der Waals surface area contributed by atoms with Crippen LogP contribution in [0.4, 0.5) is 5.69 Å². The zero-order chi connectivity index (χ0) is 21.3. The molecule has 0 spiro atoms. The van der Waals surface area contributed by atoms with Gasteiger partial charge in [-0.25, -0.2) is 0 Å². The molecule has 0 aromatic heterocycles. The second kappa shape index (κ2) is 11.1. The van der Waals surface area contributed by atoms with Gasteiger partial charge in [0.2, 0.25) is 0 Å². The lowest BCUT2D eigenvalue weighted by atomic mass is 10.1. The highest BCUT2D eigenvalue weighted by Gasteiger charge is 2.11. The Bertz CT molecular complexity index is 908. The van der Waals surface area contributed by atoms with Crippen molar-refractivity contribution in [1.82, 2.24) is 0 Å². The third-order valence-electron chi connectivity index (χ3n) is 5.67. The van der Waals surface area contributed by atoms with Gasteiger partial charge in [-0.05, 0) is 66.3 Å². The average molecular weight is 417 g/mol. The van der Waals surface area contributed by atoms with Crippen molar-refractivity contribution in [3.63, 3.8) is 0 Å². The van der Waals surface area contributed by atoms with Gasteiger partial charge in [0, 0.05) is 25.4 Å². The molecule has 4 nitrogen and oxygen atoms in total. The Hall–Kier alpha value is -2.69. The number of nitrogens with zero attached hydrogens (tertiary/aromatic N) is 2. The monoisotopic (exact) mass is 416 g/mol. The summed E-state index contributed by atoms with van der Waals surface area (Å²) in [5, 5.41) is 0. The van der Waals surface area contributed by atoms with Crippen LogP contribution in [-0.2, 0) is 9.47 Å². The van der Waals surface area contributed by atoms with Crippen molar-refractivity contribution in [2.24, 2.45) is 4.99 Å².